The quantitative estimate of drug-likeness (QED) is 0.361. The summed E-state index contributed by atoms with van der Waals surface area (Å²) in [6.45, 7) is 8.30. The second-order valence-electron chi connectivity index (χ2n) is 10.2. The molecule has 5 rings (SSSR count). The first kappa shape index (κ1) is 23.8. The Labute approximate surface area is 211 Å². The van der Waals surface area contributed by atoms with Crippen LogP contribution in [-0.2, 0) is 12.5 Å². The molecule has 4 aromatic rings. The zero-order chi connectivity index (χ0) is 25.3. The van der Waals surface area contributed by atoms with Gasteiger partial charge in [-0.1, -0.05) is 32.9 Å². The number of rotatable bonds is 6. The molecule has 0 radical (unpaired) electrons. The van der Waals surface area contributed by atoms with E-state index in [9.17, 15) is 4.79 Å². The van der Waals surface area contributed by atoms with Crippen molar-refractivity contribution in [2.24, 2.45) is 7.05 Å². The van der Waals surface area contributed by atoms with Gasteiger partial charge in [-0.2, -0.15) is 0 Å². The van der Waals surface area contributed by atoms with Crippen LogP contribution in [0.3, 0.4) is 0 Å². The van der Waals surface area contributed by atoms with Gasteiger partial charge in [-0.15, -0.1) is 0 Å². The van der Waals surface area contributed by atoms with Crippen LogP contribution in [-0.4, -0.2) is 39.6 Å². The third kappa shape index (κ3) is 5.18. The van der Waals surface area contributed by atoms with E-state index >= 15 is 0 Å². The molecule has 3 N–H and O–H groups in total. The van der Waals surface area contributed by atoms with Gasteiger partial charge in [0.05, 0.1) is 11.0 Å². The number of carbonyl (C=O) groups is 1. The molecule has 2 aromatic carbocycles. The van der Waals surface area contributed by atoms with Crippen molar-refractivity contribution in [2.45, 2.75) is 38.6 Å². The van der Waals surface area contributed by atoms with Crippen LogP contribution < -0.4 is 20.7 Å². The molecule has 2 aromatic heterocycles. The van der Waals surface area contributed by atoms with Crippen molar-refractivity contribution in [3.63, 3.8) is 0 Å². The van der Waals surface area contributed by atoms with Gasteiger partial charge in [-0.3, -0.25) is 9.78 Å². The SMILES string of the molecule is Cn1c(Nc2cccc(C(C)(C)C)c2)nc2cc(Oc3ccnc(C(=O)NC4CCNC4)c3)ccc21. The van der Waals surface area contributed by atoms with Gasteiger partial charge < -0.3 is 25.3 Å². The molecule has 36 heavy (non-hydrogen) atoms. The predicted octanol–water partition coefficient (Wildman–Crippen LogP) is 4.89. The molecule has 0 aliphatic carbocycles. The van der Waals surface area contributed by atoms with E-state index in [0.717, 1.165) is 42.2 Å². The fourth-order valence-electron chi connectivity index (χ4n) is 4.32. The molecule has 1 saturated heterocycles. The van der Waals surface area contributed by atoms with Crippen molar-refractivity contribution < 1.29 is 9.53 Å². The highest BCUT2D eigenvalue weighted by Crippen LogP contribution is 2.30. The average molecular weight is 485 g/mol. The maximum atomic E-state index is 12.6. The number of ether oxygens (including phenoxy) is 1. The predicted molar refractivity (Wildman–Crippen MR) is 142 cm³/mol. The number of amides is 1. The monoisotopic (exact) mass is 484 g/mol. The topological polar surface area (TPSA) is 93.1 Å². The van der Waals surface area contributed by atoms with E-state index in [0.29, 0.717) is 17.2 Å². The van der Waals surface area contributed by atoms with Gasteiger partial charge in [-0.05, 0) is 54.3 Å². The molecule has 0 bridgehead atoms. The summed E-state index contributed by atoms with van der Waals surface area (Å²) in [7, 11) is 1.99. The number of aryl methyl sites for hydroxylation is 1. The summed E-state index contributed by atoms with van der Waals surface area (Å²) in [6, 6.07) is 17.7. The number of nitrogens with zero attached hydrogens (tertiary/aromatic N) is 3. The second kappa shape index (κ2) is 9.62. The number of aromatic nitrogens is 3. The van der Waals surface area contributed by atoms with Crippen LogP contribution in [0.15, 0.2) is 60.8 Å². The second-order valence-corrected chi connectivity index (χ2v) is 10.2. The fourth-order valence-corrected chi connectivity index (χ4v) is 4.32. The molecule has 1 aliphatic rings. The molecule has 0 saturated carbocycles. The Morgan fingerprint density at radius 3 is 2.72 bits per heavy atom. The van der Waals surface area contributed by atoms with E-state index in [1.165, 1.54) is 5.56 Å². The van der Waals surface area contributed by atoms with Gasteiger partial charge in [0, 0.05) is 43.7 Å². The highest BCUT2D eigenvalue weighted by molar-refractivity contribution is 5.92. The van der Waals surface area contributed by atoms with E-state index in [1.54, 1.807) is 18.3 Å². The molecule has 1 fully saturated rings. The van der Waals surface area contributed by atoms with Gasteiger partial charge in [0.25, 0.3) is 5.91 Å². The smallest absolute Gasteiger partial charge is 0.270 e. The van der Waals surface area contributed by atoms with Crippen LogP contribution in [0, 0.1) is 0 Å². The van der Waals surface area contributed by atoms with Crippen LogP contribution in [0.1, 0.15) is 43.2 Å². The summed E-state index contributed by atoms with van der Waals surface area (Å²) in [4.78, 5) is 21.6. The minimum atomic E-state index is -0.194. The number of nitrogens with one attached hydrogen (secondary N) is 3. The molecular formula is C28H32N6O2. The molecule has 0 spiro atoms. The molecule has 1 unspecified atom stereocenters. The number of carbonyl (C=O) groups excluding carboxylic acids is 1. The van der Waals surface area contributed by atoms with Gasteiger partial charge >= 0.3 is 0 Å². The van der Waals surface area contributed by atoms with Crippen molar-refractivity contribution in [2.75, 3.05) is 18.4 Å². The Balaban J connectivity index is 1.33. The number of anilines is 2. The standard InChI is InChI=1S/C28H32N6O2/c1-28(2,3)18-6-5-7-19(14-18)32-27-33-23-15-21(8-9-25(23)34(27)4)36-22-11-13-30-24(16-22)26(35)31-20-10-12-29-17-20/h5-9,11,13-16,20,29H,10,12,17H2,1-4H3,(H,31,35)(H,32,33). The molecule has 3 heterocycles. The zero-order valence-corrected chi connectivity index (χ0v) is 21.1. The number of pyridine rings is 1. The molecule has 8 nitrogen and oxygen atoms in total. The highest BCUT2D eigenvalue weighted by atomic mass is 16.5. The van der Waals surface area contributed by atoms with Crippen LogP contribution in [0.5, 0.6) is 11.5 Å². The van der Waals surface area contributed by atoms with Crippen molar-refractivity contribution in [1.82, 2.24) is 25.2 Å². The first-order chi connectivity index (χ1) is 17.3. The number of imidazole rings is 1. The molecule has 186 valence electrons. The van der Waals surface area contributed by atoms with Gasteiger partial charge in [-0.25, -0.2) is 4.98 Å². The Hall–Kier alpha value is -3.91. The molecule has 1 aliphatic heterocycles. The maximum absolute atomic E-state index is 12.6. The minimum absolute atomic E-state index is 0.0670. The van der Waals surface area contributed by atoms with Crippen molar-refractivity contribution in [1.29, 1.82) is 0 Å². The lowest BCUT2D eigenvalue weighted by atomic mass is 9.87. The highest BCUT2D eigenvalue weighted by Gasteiger charge is 2.19. The van der Waals surface area contributed by atoms with Crippen molar-refractivity contribution in [3.05, 3.63) is 72.1 Å². The summed E-state index contributed by atoms with van der Waals surface area (Å²) in [5.41, 5.74) is 4.45. The number of hydrogen-bond acceptors (Lipinski definition) is 6. The van der Waals surface area contributed by atoms with Gasteiger partial charge in [0.2, 0.25) is 5.95 Å². The van der Waals surface area contributed by atoms with Gasteiger partial charge in [0.1, 0.15) is 17.2 Å². The number of hydrogen-bond donors (Lipinski definition) is 3. The average Bonchev–Trinajstić information content (AvgIpc) is 3.46. The maximum Gasteiger partial charge on any atom is 0.270 e. The minimum Gasteiger partial charge on any atom is -0.457 e. The lowest BCUT2D eigenvalue weighted by molar-refractivity contribution is 0.0934. The molecule has 8 heteroatoms. The lowest BCUT2D eigenvalue weighted by Crippen LogP contribution is -2.36. The summed E-state index contributed by atoms with van der Waals surface area (Å²) in [6.07, 6.45) is 2.51. The Morgan fingerprint density at radius 2 is 1.94 bits per heavy atom. The Morgan fingerprint density at radius 1 is 1.11 bits per heavy atom. The largest absolute Gasteiger partial charge is 0.457 e. The molecule has 1 atom stereocenters. The van der Waals surface area contributed by atoms with E-state index in [2.05, 4.69) is 59.9 Å². The number of benzene rings is 2. The van der Waals surface area contributed by atoms with Crippen molar-refractivity contribution >= 4 is 28.6 Å². The van der Waals surface area contributed by atoms with Crippen LogP contribution in [0.2, 0.25) is 0 Å². The summed E-state index contributed by atoms with van der Waals surface area (Å²) in [5.74, 6) is 1.74. The number of fused-ring (bicyclic) bond motifs is 1. The van der Waals surface area contributed by atoms with Crippen LogP contribution in [0.4, 0.5) is 11.6 Å². The zero-order valence-electron chi connectivity index (χ0n) is 21.1. The Bertz CT molecular complexity index is 1400. The van der Waals surface area contributed by atoms with E-state index < -0.39 is 0 Å². The van der Waals surface area contributed by atoms with Crippen LogP contribution in [0.25, 0.3) is 11.0 Å². The first-order valence-corrected chi connectivity index (χ1v) is 12.3. The summed E-state index contributed by atoms with van der Waals surface area (Å²) >= 11 is 0. The van der Waals surface area contributed by atoms with E-state index in [-0.39, 0.29) is 17.4 Å². The summed E-state index contributed by atoms with van der Waals surface area (Å²) < 4.78 is 8.09. The van der Waals surface area contributed by atoms with Gasteiger partial charge in [0.15, 0.2) is 0 Å². The van der Waals surface area contributed by atoms with E-state index in [1.807, 2.05) is 35.9 Å². The molecular weight excluding hydrogens is 452 g/mol. The van der Waals surface area contributed by atoms with E-state index in [4.69, 9.17) is 9.72 Å². The third-order valence-corrected chi connectivity index (χ3v) is 6.43. The van der Waals surface area contributed by atoms with Crippen LogP contribution >= 0.6 is 0 Å². The summed E-state index contributed by atoms with van der Waals surface area (Å²) in [5, 5.41) is 9.70. The first-order valence-electron chi connectivity index (χ1n) is 12.3. The Kier molecular flexibility index (Phi) is 6.36. The molecule has 1 amide bonds. The van der Waals surface area contributed by atoms with Crippen molar-refractivity contribution in [3.8, 4) is 11.5 Å². The fraction of sp³-hybridized carbons (Fsp3) is 0.321. The normalized spacial score (nSPS) is 15.7. The third-order valence-electron chi connectivity index (χ3n) is 6.43. The lowest BCUT2D eigenvalue weighted by Gasteiger charge is -2.20.